The lowest BCUT2D eigenvalue weighted by Crippen LogP contribution is -2.06. The fraction of sp³-hybridized carbons (Fsp3) is 0.114. The van der Waals surface area contributed by atoms with Gasteiger partial charge in [0.2, 0.25) is 17.4 Å². The van der Waals surface area contributed by atoms with Crippen molar-refractivity contribution >= 4 is 11.7 Å². The number of carbonyl (C=O) groups is 1. The molecule has 0 aliphatic heterocycles. The quantitative estimate of drug-likeness (QED) is 0.112. The van der Waals surface area contributed by atoms with Gasteiger partial charge in [0.15, 0.2) is 11.5 Å². The van der Waals surface area contributed by atoms with Gasteiger partial charge < -0.3 is 34.2 Å². The molecule has 0 atom stereocenters. The maximum absolute atomic E-state index is 16.3. The molecule has 238 valence electrons. The van der Waals surface area contributed by atoms with Crippen molar-refractivity contribution in [1.82, 2.24) is 4.98 Å². The molecule has 0 aliphatic carbocycles. The van der Waals surface area contributed by atoms with Gasteiger partial charge >= 0.3 is 5.97 Å². The molecule has 0 fully saturated rings. The Morgan fingerprint density at radius 1 is 0.809 bits per heavy atom. The van der Waals surface area contributed by atoms with E-state index in [9.17, 15) is 10.1 Å². The van der Waals surface area contributed by atoms with Crippen LogP contribution in [-0.4, -0.2) is 31.8 Å². The van der Waals surface area contributed by atoms with Gasteiger partial charge in [-0.15, -0.1) is 0 Å². The van der Waals surface area contributed by atoms with Crippen LogP contribution in [0.3, 0.4) is 0 Å². The molecule has 5 rings (SSSR count). The summed E-state index contributed by atoms with van der Waals surface area (Å²) in [5.41, 5.74) is 7.43. The third-order valence-corrected chi connectivity index (χ3v) is 6.62. The van der Waals surface area contributed by atoms with Crippen molar-refractivity contribution in [2.24, 2.45) is 0 Å². The fourth-order valence-electron chi connectivity index (χ4n) is 4.49. The van der Waals surface area contributed by atoms with E-state index in [-0.39, 0.29) is 46.5 Å². The van der Waals surface area contributed by atoms with Crippen LogP contribution in [0, 0.1) is 23.0 Å². The molecule has 0 spiro atoms. The number of rotatable bonds is 11. The molecule has 0 saturated heterocycles. The summed E-state index contributed by atoms with van der Waals surface area (Å²) in [6.07, 6.45) is 0. The zero-order valence-corrected chi connectivity index (χ0v) is 25.4. The van der Waals surface area contributed by atoms with E-state index in [4.69, 9.17) is 34.2 Å². The minimum Gasteiger partial charge on any atom is -0.496 e. The molecule has 10 nitrogen and oxygen atoms in total. The average Bonchev–Trinajstić information content (AvgIpc) is 3.08. The number of nitriles is 1. The van der Waals surface area contributed by atoms with Crippen LogP contribution in [0.25, 0.3) is 11.1 Å². The highest BCUT2D eigenvalue weighted by molar-refractivity contribution is 5.90. The average molecular weight is 640 g/mol. The molecule has 0 saturated carbocycles. The van der Waals surface area contributed by atoms with Crippen LogP contribution in [0.4, 0.5) is 14.5 Å². The monoisotopic (exact) mass is 639 g/mol. The van der Waals surface area contributed by atoms with Gasteiger partial charge in [-0.3, -0.25) is 0 Å². The van der Waals surface area contributed by atoms with Gasteiger partial charge in [0.25, 0.3) is 11.8 Å². The number of hydrogen-bond donors (Lipinski definition) is 1. The Bertz CT molecular complexity index is 1980. The molecule has 0 aliphatic rings. The van der Waals surface area contributed by atoms with E-state index in [1.807, 2.05) is 6.07 Å². The largest absolute Gasteiger partial charge is 0.496 e. The SMILES string of the molecule is CCOC(=O)c1ccc(Oc2c(F)c(Oc3cccc(N)c3)nc(Oc3cc(C#N)cc(OC)c3-c3ccccc3)c2F)c(OC)c1. The molecule has 5 aromatic rings. The van der Waals surface area contributed by atoms with Gasteiger partial charge in [-0.1, -0.05) is 36.4 Å². The maximum Gasteiger partial charge on any atom is 0.338 e. The number of methoxy groups -OCH3 is 2. The van der Waals surface area contributed by atoms with Crippen molar-refractivity contribution < 1.29 is 42.0 Å². The van der Waals surface area contributed by atoms with Crippen molar-refractivity contribution in [3.63, 3.8) is 0 Å². The lowest BCUT2D eigenvalue weighted by molar-refractivity contribution is 0.0526. The van der Waals surface area contributed by atoms with Crippen LogP contribution >= 0.6 is 0 Å². The van der Waals surface area contributed by atoms with E-state index in [2.05, 4.69) is 4.98 Å². The van der Waals surface area contributed by atoms with Gasteiger partial charge in [0.1, 0.15) is 17.2 Å². The molecular weight excluding hydrogens is 612 g/mol. The summed E-state index contributed by atoms with van der Waals surface area (Å²) >= 11 is 0. The minimum absolute atomic E-state index is 0.0234. The third kappa shape index (κ3) is 6.99. The van der Waals surface area contributed by atoms with Crippen molar-refractivity contribution in [3.05, 3.63) is 108 Å². The molecule has 47 heavy (non-hydrogen) atoms. The van der Waals surface area contributed by atoms with Crippen LogP contribution < -0.4 is 29.4 Å². The Morgan fingerprint density at radius 3 is 2.17 bits per heavy atom. The number of nitrogen functional groups attached to an aromatic ring is 1. The first-order valence-electron chi connectivity index (χ1n) is 14.1. The summed E-state index contributed by atoms with van der Waals surface area (Å²) in [5, 5.41) is 9.68. The molecule has 1 aromatic heterocycles. The number of halogens is 2. The first-order valence-corrected chi connectivity index (χ1v) is 14.1. The van der Waals surface area contributed by atoms with Gasteiger partial charge in [-0.25, -0.2) is 4.79 Å². The van der Waals surface area contributed by atoms with E-state index in [0.717, 1.165) is 0 Å². The van der Waals surface area contributed by atoms with Crippen LogP contribution in [0.5, 0.6) is 46.3 Å². The number of nitrogens with zero attached hydrogens (tertiary/aromatic N) is 2. The summed E-state index contributed by atoms with van der Waals surface area (Å²) in [6, 6.07) is 23.8. The molecule has 0 amide bonds. The number of hydrogen-bond acceptors (Lipinski definition) is 10. The Morgan fingerprint density at radius 2 is 1.51 bits per heavy atom. The highest BCUT2D eigenvalue weighted by Crippen LogP contribution is 2.45. The summed E-state index contributed by atoms with van der Waals surface area (Å²) in [7, 11) is 2.70. The number of aromatic nitrogens is 1. The second kappa shape index (κ2) is 14.2. The normalized spacial score (nSPS) is 10.5. The van der Waals surface area contributed by atoms with Gasteiger partial charge in [0.05, 0.1) is 43.6 Å². The highest BCUT2D eigenvalue weighted by atomic mass is 19.1. The van der Waals surface area contributed by atoms with E-state index < -0.39 is 35.1 Å². The fourth-order valence-corrected chi connectivity index (χ4v) is 4.49. The molecule has 12 heteroatoms. The van der Waals surface area contributed by atoms with Crippen LogP contribution in [0.15, 0.2) is 84.9 Å². The number of pyridine rings is 1. The molecular formula is C35H27F2N3O7. The third-order valence-electron chi connectivity index (χ3n) is 6.62. The zero-order valence-electron chi connectivity index (χ0n) is 25.4. The number of nitrogens with two attached hydrogens (primary N) is 1. The molecule has 1 heterocycles. The predicted octanol–water partition coefficient (Wildman–Crippen LogP) is 8.05. The van der Waals surface area contributed by atoms with Gasteiger partial charge in [-0.05, 0) is 55.0 Å². The van der Waals surface area contributed by atoms with E-state index in [1.54, 1.807) is 49.4 Å². The number of benzene rings is 4. The van der Waals surface area contributed by atoms with E-state index in [0.29, 0.717) is 16.8 Å². The summed E-state index contributed by atoms with van der Waals surface area (Å²) < 4.78 is 65.6. The summed E-state index contributed by atoms with van der Waals surface area (Å²) in [6.45, 7) is 1.79. The Kier molecular flexibility index (Phi) is 9.67. The first kappa shape index (κ1) is 32.1. The van der Waals surface area contributed by atoms with E-state index in [1.165, 1.54) is 56.7 Å². The molecule has 0 radical (unpaired) electrons. The number of ether oxygens (including phenoxy) is 6. The number of anilines is 1. The molecule has 0 bridgehead atoms. The van der Waals surface area contributed by atoms with Gasteiger partial charge in [-0.2, -0.15) is 19.0 Å². The predicted molar refractivity (Wildman–Crippen MR) is 167 cm³/mol. The smallest absolute Gasteiger partial charge is 0.338 e. The van der Waals surface area contributed by atoms with Crippen molar-refractivity contribution in [2.45, 2.75) is 6.92 Å². The number of carbonyl (C=O) groups excluding carboxylic acids is 1. The number of esters is 1. The maximum atomic E-state index is 16.3. The van der Waals surface area contributed by atoms with Crippen LogP contribution in [0.2, 0.25) is 0 Å². The lowest BCUT2D eigenvalue weighted by Gasteiger charge is -2.18. The van der Waals surface area contributed by atoms with Crippen molar-refractivity contribution in [1.29, 1.82) is 5.26 Å². The molecule has 2 N–H and O–H groups in total. The minimum atomic E-state index is -1.35. The standard InChI is InChI=1S/C35H27F2N3O7/c1-4-44-35(41)22-13-14-25(26(17-22)42-2)46-32-30(36)33(45-24-12-8-11-23(39)18-24)40-34(31(32)37)47-28-16-20(19-38)15-27(43-3)29(28)21-9-6-5-7-10-21/h5-18H,4,39H2,1-3H3. The van der Waals surface area contributed by atoms with Crippen LogP contribution in [0.1, 0.15) is 22.8 Å². The second-order valence-electron chi connectivity index (χ2n) is 9.67. The Balaban J connectivity index is 1.67. The lowest BCUT2D eigenvalue weighted by atomic mass is 10.0. The first-order chi connectivity index (χ1) is 22.8. The Labute approximate surface area is 268 Å². The van der Waals surface area contributed by atoms with Crippen molar-refractivity contribution in [3.8, 4) is 63.5 Å². The topological polar surface area (TPSA) is 135 Å². The van der Waals surface area contributed by atoms with E-state index >= 15 is 8.78 Å². The van der Waals surface area contributed by atoms with Crippen molar-refractivity contribution in [2.75, 3.05) is 26.6 Å². The zero-order chi connectivity index (χ0) is 33.5. The summed E-state index contributed by atoms with van der Waals surface area (Å²) in [4.78, 5) is 16.3. The Hall–Kier alpha value is -6.35. The molecule has 4 aromatic carbocycles. The molecule has 0 unspecified atom stereocenters. The second-order valence-corrected chi connectivity index (χ2v) is 9.67. The highest BCUT2D eigenvalue weighted by Gasteiger charge is 2.28. The van der Waals surface area contributed by atoms with Gasteiger partial charge in [0, 0.05) is 11.8 Å². The van der Waals surface area contributed by atoms with Crippen LogP contribution in [-0.2, 0) is 4.74 Å². The summed E-state index contributed by atoms with van der Waals surface area (Å²) in [5.74, 6) is -5.57.